The molecule has 0 aromatic carbocycles. The van der Waals surface area contributed by atoms with Crippen LogP contribution in [-0.4, -0.2) is 58.9 Å². The van der Waals surface area contributed by atoms with Crippen molar-refractivity contribution in [3.05, 3.63) is 0 Å². The number of carbonyl (C=O) groups is 5. The van der Waals surface area contributed by atoms with Crippen LogP contribution in [0.25, 0.3) is 0 Å². The number of carboxylic acid groups (broad SMARTS) is 1. The van der Waals surface area contributed by atoms with E-state index in [0.29, 0.717) is 6.42 Å². The zero-order valence-electron chi connectivity index (χ0n) is 19.8. The van der Waals surface area contributed by atoms with Crippen LogP contribution in [0.1, 0.15) is 60.8 Å². The van der Waals surface area contributed by atoms with E-state index in [1.54, 1.807) is 27.7 Å². The van der Waals surface area contributed by atoms with Crippen LogP contribution in [0.5, 0.6) is 0 Å². The number of hydrogen-bond acceptors (Lipinski definition) is 6. The minimum absolute atomic E-state index is 0.0719. The van der Waals surface area contributed by atoms with Gasteiger partial charge in [-0.2, -0.15) is 0 Å². The molecule has 4 unspecified atom stereocenters. The quantitative estimate of drug-likeness (QED) is 0.202. The highest BCUT2D eigenvalue weighted by atomic mass is 16.4. The second-order valence-corrected chi connectivity index (χ2v) is 9.10. The minimum Gasteiger partial charge on any atom is -0.480 e. The molecule has 0 saturated carbocycles. The maximum absolute atomic E-state index is 12.9. The van der Waals surface area contributed by atoms with Gasteiger partial charge < -0.3 is 32.5 Å². The van der Waals surface area contributed by atoms with Gasteiger partial charge in [0.1, 0.15) is 18.1 Å². The van der Waals surface area contributed by atoms with Crippen molar-refractivity contribution >= 4 is 29.6 Å². The first-order valence-corrected chi connectivity index (χ1v) is 10.8. The molecule has 0 aromatic rings. The van der Waals surface area contributed by atoms with Gasteiger partial charge in [0.2, 0.25) is 23.6 Å². The largest absolute Gasteiger partial charge is 0.480 e. The van der Waals surface area contributed by atoms with Gasteiger partial charge in [-0.05, 0) is 30.6 Å². The molecule has 11 heteroatoms. The van der Waals surface area contributed by atoms with Crippen LogP contribution >= 0.6 is 0 Å². The summed E-state index contributed by atoms with van der Waals surface area (Å²) in [6.45, 7) is 10.5. The molecule has 0 aliphatic rings. The number of primary amides is 1. The van der Waals surface area contributed by atoms with Crippen LogP contribution in [-0.2, 0) is 24.0 Å². The molecule has 0 aliphatic carbocycles. The first kappa shape index (κ1) is 29.3. The predicted octanol–water partition coefficient (Wildman–Crippen LogP) is -0.524. The maximum Gasteiger partial charge on any atom is 0.326 e. The average Bonchev–Trinajstić information content (AvgIpc) is 2.65. The fourth-order valence-electron chi connectivity index (χ4n) is 2.99. The molecule has 0 radical (unpaired) electrons. The van der Waals surface area contributed by atoms with Crippen molar-refractivity contribution in [3.63, 3.8) is 0 Å². The normalized spacial score (nSPS) is 15.1. The van der Waals surface area contributed by atoms with Gasteiger partial charge in [0, 0.05) is 6.42 Å². The number of carboxylic acids is 1. The van der Waals surface area contributed by atoms with Crippen LogP contribution in [0.4, 0.5) is 0 Å². The van der Waals surface area contributed by atoms with Gasteiger partial charge in [-0.25, -0.2) is 4.79 Å². The number of amides is 4. The van der Waals surface area contributed by atoms with E-state index in [1.807, 2.05) is 13.8 Å². The van der Waals surface area contributed by atoms with Crippen molar-refractivity contribution in [3.8, 4) is 0 Å². The van der Waals surface area contributed by atoms with Crippen molar-refractivity contribution in [1.82, 2.24) is 16.0 Å². The molecule has 4 amide bonds. The molecule has 0 heterocycles. The first-order valence-electron chi connectivity index (χ1n) is 10.8. The van der Waals surface area contributed by atoms with Crippen LogP contribution in [0.3, 0.4) is 0 Å². The Morgan fingerprint density at radius 1 is 0.781 bits per heavy atom. The molecule has 11 nitrogen and oxygen atoms in total. The number of carbonyl (C=O) groups excluding carboxylic acids is 4. The topological polar surface area (TPSA) is 194 Å². The second-order valence-electron chi connectivity index (χ2n) is 9.10. The molecule has 0 bridgehead atoms. The Labute approximate surface area is 189 Å². The van der Waals surface area contributed by atoms with Gasteiger partial charge in [-0.1, -0.05) is 41.5 Å². The number of rotatable bonds is 14. The Hall–Kier alpha value is -2.69. The van der Waals surface area contributed by atoms with Gasteiger partial charge in [-0.15, -0.1) is 0 Å². The first-order chi connectivity index (χ1) is 14.7. The van der Waals surface area contributed by atoms with Crippen molar-refractivity contribution < 1.29 is 29.1 Å². The summed E-state index contributed by atoms with van der Waals surface area (Å²) in [6.07, 6.45) is 0.168. The summed E-state index contributed by atoms with van der Waals surface area (Å²) in [6, 6.07) is -4.16. The van der Waals surface area contributed by atoms with E-state index < -0.39 is 53.8 Å². The third kappa shape index (κ3) is 10.6. The molecule has 0 aliphatic heterocycles. The lowest BCUT2D eigenvalue weighted by molar-refractivity contribution is -0.143. The molecule has 0 rings (SSSR count). The van der Waals surface area contributed by atoms with Gasteiger partial charge in [0.05, 0.1) is 6.04 Å². The Morgan fingerprint density at radius 2 is 1.28 bits per heavy atom. The summed E-state index contributed by atoms with van der Waals surface area (Å²) in [5, 5.41) is 16.8. The van der Waals surface area contributed by atoms with E-state index in [-0.39, 0.29) is 30.6 Å². The highest BCUT2D eigenvalue weighted by Gasteiger charge is 2.32. The summed E-state index contributed by atoms with van der Waals surface area (Å²) >= 11 is 0. The summed E-state index contributed by atoms with van der Waals surface area (Å²) in [5.41, 5.74) is 11.1. The van der Waals surface area contributed by atoms with Crippen molar-refractivity contribution in [1.29, 1.82) is 0 Å². The predicted molar refractivity (Wildman–Crippen MR) is 119 cm³/mol. The average molecular weight is 458 g/mol. The second kappa shape index (κ2) is 13.7. The van der Waals surface area contributed by atoms with E-state index in [1.165, 1.54) is 0 Å². The van der Waals surface area contributed by atoms with Gasteiger partial charge in [0.25, 0.3) is 0 Å². The third-order valence-corrected chi connectivity index (χ3v) is 4.85. The smallest absolute Gasteiger partial charge is 0.326 e. The van der Waals surface area contributed by atoms with Crippen molar-refractivity contribution in [2.75, 3.05) is 0 Å². The van der Waals surface area contributed by atoms with Crippen molar-refractivity contribution in [2.45, 2.75) is 85.0 Å². The molecule has 0 aromatic heterocycles. The van der Waals surface area contributed by atoms with E-state index >= 15 is 0 Å². The zero-order chi connectivity index (χ0) is 25.2. The molecule has 0 fully saturated rings. The molecule has 32 heavy (non-hydrogen) atoms. The molecular weight excluding hydrogens is 418 g/mol. The highest BCUT2D eigenvalue weighted by molar-refractivity contribution is 5.94. The summed E-state index contributed by atoms with van der Waals surface area (Å²) in [7, 11) is 0. The Kier molecular flexibility index (Phi) is 12.5. The lowest BCUT2D eigenvalue weighted by atomic mass is 9.99. The molecule has 8 N–H and O–H groups in total. The molecule has 0 spiro atoms. The fraction of sp³-hybridized carbons (Fsp3) is 0.762. The SMILES string of the molecule is CC(C)CC(N)C(=O)NC(CCC(N)=O)C(=O)NC(C(=O)NC(C(=O)O)C(C)C)C(C)C. The van der Waals surface area contributed by atoms with Gasteiger partial charge in [-0.3, -0.25) is 19.2 Å². The van der Waals surface area contributed by atoms with Crippen LogP contribution in [0.15, 0.2) is 0 Å². The lowest BCUT2D eigenvalue weighted by Gasteiger charge is -2.28. The molecule has 4 atom stereocenters. The van der Waals surface area contributed by atoms with Crippen LogP contribution in [0, 0.1) is 17.8 Å². The molecule has 184 valence electrons. The standard InChI is InChI=1S/C21H39N5O6/c1-10(2)9-13(22)18(28)24-14(7-8-15(23)27)19(29)25-16(11(3)4)20(30)26-17(12(5)6)21(31)32/h10-14,16-17H,7-9,22H2,1-6H3,(H2,23,27)(H,24,28)(H,25,29)(H,26,30)(H,31,32). The van der Waals surface area contributed by atoms with E-state index in [4.69, 9.17) is 11.5 Å². The fourth-order valence-corrected chi connectivity index (χ4v) is 2.99. The Bertz CT molecular complexity index is 680. The number of nitrogens with one attached hydrogen (secondary N) is 3. The number of hydrogen-bond donors (Lipinski definition) is 6. The zero-order valence-corrected chi connectivity index (χ0v) is 19.8. The highest BCUT2D eigenvalue weighted by Crippen LogP contribution is 2.09. The molecule has 0 saturated heterocycles. The van der Waals surface area contributed by atoms with Crippen molar-refractivity contribution in [2.24, 2.45) is 29.2 Å². The third-order valence-electron chi connectivity index (χ3n) is 4.85. The monoisotopic (exact) mass is 457 g/mol. The Balaban J connectivity index is 5.47. The summed E-state index contributed by atoms with van der Waals surface area (Å²) < 4.78 is 0. The van der Waals surface area contributed by atoms with Crippen LogP contribution in [0.2, 0.25) is 0 Å². The molecular formula is C21H39N5O6. The number of nitrogens with two attached hydrogens (primary N) is 2. The minimum atomic E-state index is -1.19. The Morgan fingerprint density at radius 3 is 1.69 bits per heavy atom. The van der Waals surface area contributed by atoms with E-state index in [0.717, 1.165) is 0 Å². The van der Waals surface area contributed by atoms with E-state index in [9.17, 15) is 29.1 Å². The summed E-state index contributed by atoms with van der Waals surface area (Å²) in [5.74, 6) is -4.34. The van der Waals surface area contributed by atoms with E-state index in [2.05, 4.69) is 16.0 Å². The maximum atomic E-state index is 12.9. The van der Waals surface area contributed by atoms with Gasteiger partial charge >= 0.3 is 5.97 Å². The number of aliphatic carboxylic acids is 1. The van der Waals surface area contributed by atoms with Crippen LogP contribution < -0.4 is 27.4 Å². The lowest BCUT2D eigenvalue weighted by Crippen LogP contribution is -2.59. The summed E-state index contributed by atoms with van der Waals surface area (Å²) in [4.78, 5) is 60.6. The van der Waals surface area contributed by atoms with Gasteiger partial charge in [0.15, 0.2) is 0 Å².